The summed E-state index contributed by atoms with van der Waals surface area (Å²) >= 11 is 0. The Kier molecular flexibility index (Phi) is 12.4. The lowest BCUT2D eigenvalue weighted by atomic mass is 9.94. The number of aliphatic hydroxyl groups is 3. The zero-order valence-corrected chi connectivity index (χ0v) is 17.8. The lowest BCUT2D eigenvalue weighted by molar-refractivity contribution is -0.269. The fourth-order valence-electron chi connectivity index (χ4n) is 3.41. The van der Waals surface area contributed by atoms with Gasteiger partial charge in [-0.1, -0.05) is 58.1 Å². The first kappa shape index (κ1) is 24.6. The monoisotopic (exact) mass is 386 g/mol. The molecular formula is C22H42O5. The molecule has 1 saturated heterocycles. The van der Waals surface area contributed by atoms with Crippen LogP contribution in [0, 0.1) is 11.8 Å². The molecule has 160 valence electrons. The van der Waals surface area contributed by atoms with Gasteiger partial charge in [0.25, 0.3) is 0 Å². The summed E-state index contributed by atoms with van der Waals surface area (Å²) in [5.41, 5.74) is 1.43. The minimum atomic E-state index is -1.21. The maximum absolute atomic E-state index is 9.80. The van der Waals surface area contributed by atoms with Crippen LogP contribution in [-0.4, -0.2) is 53.1 Å². The van der Waals surface area contributed by atoms with Crippen molar-refractivity contribution >= 4 is 0 Å². The van der Waals surface area contributed by atoms with Gasteiger partial charge in [-0.05, 0) is 44.4 Å². The molecule has 1 aliphatic heterocycles. The number of aliphatic hydroxyl groups excluding tert-OH is 3. The molecule has 1 unspecified atom stereocenters. The molecule has 0 bridgehead atoms. The number of rotatable bonds is 13. The number of unbranched alkanes of at least 4 members (excludes halogenated alkanes) is 1. The van der Waals surface area contributed by atoms with Gasteiger partial charge in [-0.15, -0.1) is 0 Å². The predicted octanol–water partition coefficient (Wildman–Crippen LogP) is 3.80. The smallest absolute Gasteiger partial charge is 0.186 e. The van der Waals surface area contributed by atoms with E-state index in [1.165, 1.54) is 37.7 Å². The molecule has 1 rings (SSSR count). The summed E-state index contributed by atoms with van der Waals surface area (Å²) in [6.07, 6.45) is 7.48. The molecule has 27 heavy (non-hydrogen) atoms. The van der Waals surface area contributed by atoms with Crippen molar-refractivity contribution in [2.45, 2.75) is 104 Å². The zero-order valence-electron chi connectivity index (χ0n) is 17.8. The average molecular weight is 387 g/mol. The van der Waals surface area contributed by atoms with Gasteiger partial charge >= 0.3 is 0 Å². The van der Waals surface area contributed by atoms with Crippen molar-refractivity contribution in [1.29, 1.82) is 0 Å². The summed E-state index contributed by atoms with van der Waals surface area (Å²) in [4.78, 5) is 0. The summed E-state index contributed by atoms with van der Waals surface area (Å²) in [5, 5.41) is 28.8. The van der Waals surface area contributed by atoms with Crippen LogP contribution in [-0.2, 0) is 9.47 Å². The molecule has 3 N–H and O–H groups in total. The van der Waals surface area contributed by atoms with Crippen molar-refractivity contribution in [3.63, 3.8) is 0 Å². The Morgan fingerprint density at radius 2 is 1.74 bits per heavy atom. The highest BCUT2D eigenvalue weighted by Crippen LogP contribution is 2.20. The Morgan fingerprint density at radius 3 is 2.44 bits per heavy atom. The van der Waals surface area contributed by atoms with Crippen LogP contribution in [0.4, 0.5) is 0 Å². The van der Waals surface area contributed by atoms with Gasteiger partial charge in [0.15, 0.2) is 6.29 Å². The lowest BCUT2D eigenvalue weighted by Gasteiger charge is -2.34. The van der Waals surface area contributed by atoms with Crippen LogP contribution in [0.1, 0.15) is 79.1 Å². The second-order valence-corrected chi connectivity index (χ2v) is 8.64. The molecule has 0 aromatic carbocycles. The van der Waals surface area contributed by atoms with Crippen LogP contribution in [0.3, 0.4) is 0 Å². The van der Waals surface area contributed by atoms with Gasteiger partial charge in [0, 0.05) is 0 Å². The number of ether oxygens (including phenoxy) is 2. The van der Waals surface area contributed by atoms with E-state index in [0.717, 1.165) is 31.1 Å². The van der Waals surface area contributed by atoms with Gasteiger partial charge in [0.2, 0.25) is 0 Å². The number of hydrogen-bond acceptors (Lipinski definition) is 5. The minimum absolute atomic E-state index is 0.0161. The normalized spacial score (nSPS) is 27.9. The van der Waals surface area contributed by atoms with E-state index in [1.807, 2.05) is 0 Å². The van der Waals surface area contributed by atoms with E-state index in [2.05, 4.69) is 33.8 Å². The Morgan fingerprint density at radius 1 is 1.04 bits per heavy atom. The molecule has 0 aliphatic carbocycles. The standard InChI is InChI=1S/C22H42O5/c1-16(2)9-7-11-18(4)13-8-12-17(3)10-5-6-14-26-22-21(25)20(24)19(23)15-27-22/h10,16,18-25H,5-9,11-15H2,1-4H3/t18?,19-,20+,21-,22+/m1/s1. The van der Waals surface area contributed by atoms with E-state index in [-0.39, 0.29) is 6.61 Å². The summed E-state index contributed by atoms with van der Waals surface area (Å²) in [7, 11) is 0. The Labute approximate surface area is 165 Å². The Hall–Kier alpha value is -0.460. The molecule has 5 atom stereocenters. The molecule has 5 nitrogen and oxygen atoms in total. The highest BCUT2D eigenvalue weighted by molar-refractivity contribution is 4.97. The molecule has 0 amide bonds. The molecular weight excluding hydrogens is 344 g/mol. The third-order valence-electron chi connectivity index (χ3n) is 5.32. The summed E-state index contributed by atoms with van der Waals surface area (Å²) in [6.45, 7) is 9.59. The maximum atomic E-state index is 9.80. The van der Waals surface area contributed by atoms with Crippen molar-refractivity contribution in [3.05, 3.63) is 11.6 Å². The first-order valence-electron chi connectivity index (χ1n) is 10.7. The average Bonchev–Trinajstić information content (AvgIpc) is 2.61. The highest BCUT2D eigenvalue weighted by Gasteiger charge is 2.37. The second kappa shape index (κ2) is 13.7. The minimum Gasteiger partial charge on any atom is -0.388 e. The van der Waals surface area contributed by atoms with E-state index in [0.29, 0.717) is 6.61 Å². The van der Waals surface area contributed by atoms with Gasteiger partial charge in [-0.2, -0.15) is 0 Å². The Bertz CT molecular complexity index is 410. The van der Waals surface area contributed by atoms with Gasteiger partial charge < -0.3 is 24.8 Å². The molecule has 0 saturated carbocycles. The van der Waals surface area contributed by atoms with E-state index in [4.69, 9.17) is 9.47 Å². The maximum Gasteiger partial charge on any atom is 0.186 e. The largest absolute Gasteiger partial charge is 0.388 e. The molecule has 1 aliphatic rings. The molecule has 0 radical (unpaired) electrons. The van der Waals surface area contributed by atoms with Crippen LogP contribution in [0.2, 0.25) is 0 Å². The number of hydrogen-bond donors (Lipinski definition) is 3. The van der Waals surface area contributed by atoms with Gasteiger partial charge in [-0.25, -0.2) is 0 Å². The van der Waals surface area contributed by atoms with Crippen molar-refractivity contribution in [2.24, 2.45) is 11.8 Å². The van der Waals surface area contributed by atoms with Crippen LogP contribution < -0.4 is 0 Å². The third kappa shape index (κ3) is 10.6. The molecule has 1 fully saturated rings. The van der Waals surface area contributed by atoms with Crippen LogP contribution >= 0.6 is 0 Å². The summed E-state index contributed by atoms with van der Waals surface area (Å²) < 4.78 is 10.7. The van der Waals surface area contributed by atoms with Crippen molar-refractivity contribution < 1.29 is 24.8 Å². The second-order valence-electron chi connectivity index (χ2n) is 8.64. The zero-order chi connectivity index (χ0) is 20.2. The van der Waals surface area contributed by atoms with Crippen molar-refractivity contribution in [1.82, 2.24) is 0 Å². The first-order chi connectivity index (χ1) is 12.8. The topological polar surface area (TPSA) is 79.2 Å². The molecule has 1 heterocycles. The van der Waals surface area contributed by atoms with E-state index in [9.17, 15) is 15.3 Å². The van der Waals surface area contributed by atoms with Crippen LogP contribution in [0.25, 0.3) is 0 Å². The highest BCUT2D eigenvalue weighted by atomic mass is 16.7. The molecule has 0 aromatic rings. The quantitative estimate of drug-likeness (QED) is 0.331. The van der Waals surface area contributed by atoms with Crippen molar-refractivity contribution in [2.75, 3.05) is 13.2 Å². The van der Waals surface area contributed by atoms with Crippen LogP contribution in [0.5, 0.6) is 0 Å². The van der Waals surface area contributed by atoms with E-state index >= 15 is 0 Å². The SMILES string of the molecule is CC(=CCCCO[C@H]1OC[C@@H](O)[C@H](O)[C@H]1O)CCCC(C)CCCC(C)C. The number of allylic oxidation sites excluding steroid dienone is 2. The summed E-state index contributed by atoms with van der Waals surface area (Å²) in [6, 6.07) is 0. The third-order valence-corrected chi connectivity index (χ3v) is 5.32. The van der Waals surface area contributed by atoms with Gasteiger partial charge in [0.05, 0.1) is 13.2 Å². The fourth-order valence-corrected chi connectivity index (χ4v) is 3.41. The molecule has 0 aromatic heterocycles. The molecule has 0 spiro atoms. The molecule has 5 heteroatoms. The lowest BCUT2D eigenvalue weighted by Crippen LogP contribution is -2.53. The Balaban J connectivity index is 2.06. The first-order valence-corrected chi connectivity index (χ1v) is 10.7. The van der Waals surface area contributed by atoms with E-state index in [1.54, 1.807) is 0 Å². The van der Waals surface area contributed by atoms with Gasteiger partial charge in [0.1, 0.15) is 18.3 Å². The van der Waals surface area contributed by atoms with E-state index < -0.39 is 24.6 Å². The summed E-state index contributed by atoms with van der Waals surface area (Å²) in [5.74, 6) is 1.64. The predicted molar refractivity (Wildman–Crippen MR) is 108 cm³/mol. The fraction of sp³-hybridized carbons (Fsp3) is 0.909. The van der Waals surface area contributed by atoms with Crippen molar-refractivity contribution in [3.8, 4) is 0 Å². The van der Waals surface area contributed by atoms with Crippen LogP contribution in [0.15, 0.2) is 11.6 Å². The van der Waals surface area contributed by atoms with Gasteiger partial charge in [-0.3, -0.25) is 0 Å².